The minimum atomic E-state index is -0.339. The molecule has 0 saturated heterocycles. The number of ether oxygens (including phenoxy) is 1. The lowest BCUT2D eigenvalue weighted by molar-refractivity contribution is 0.470. The Balaban J connectivity index is 2.34. The number of nitrogens with two attached hydrogens (primary N) is 1. The molecule has 0 bridgehead atoms. The molecule has 2 aromatic carbocycles. The summed E-state index contributed by atoms with van der Waals surface area (Å²) < 4.78 is 20.3. The maximum Gasteiger partial charge on any atom is 0.144 e. The van der Waals surface area contributed by atoms with Gasteiger partial charge in [0.2, 0.25) is 0 Å². The van der Waals surface area contributed by atoms with Crippen LogP contribution in [0, 0.1) is 9.39 Å². The molecule has 2 aromatic rings. The van der Waals surface area contributed by atoms with E-state index in [1.54, 1.807) is 24.3 Å². The van der Waals surface area contributed by atoms with Crippen LogP contribution in [-0.4, -0.2) is 0 Å². The first kappa shape index (κ1) is 12.6. The third-order valence-corrected chi connectivity index (χ3v) is 3.57. The topological polar surface area (TPSA) is 35.2 Å². The van der Waals surface area contributed by atoms with Gasteiger partial charge >= 0.3 is 0 Å². The Hall–Kier alpha value is -0.820. The van der Waals surface area contributed by atoms with E-state index in [4.69, 9.17) is 10.5 Å². The molecular formula is C12H8BrFINO. The Morgan fingerprint density at radius 2 is 1.88 bits per heavy atom. The van der Waals surface area contributed by atoms with E-state index in [0.29, 0.717) is 21.7 Å². The highest BCUT2D eigenvalue weighted by Crippen LogP contribution is 2.33. The molecule has 0 fully saturated rings. The zero-order valence-corrected chi connectivity index (χ0v) is 12.3. The lowest BCUT2D eigenvalue weighted by Gasteiger charge is -2.09. The van der Waals surface area contributed by atoms with Crippen LogP contribution in [0.4, 0.5) is 10.1 Å². The van der Waals surface area contributed by atoms with Gasteiger partial charge in [-0.25, -0.2) is 4.39 Å². The first-order valence-corrected chi connectivity index (χ1v) is 6.61. The Morgan fingerprint density at radius 3 is 2.59 bits per heavy atom. The second-order valence-electron chi connectivity index (χ2n) is 3.37. The van der Waals surface area contributed by atoms with Crippen molar-refractivity contribution in [3.8, 4) is 11.5 Å². The van der Waals surface area contributed by atoms with Crippen molar-refractivity contribution in [2.24, 2.45) is 0 Å². The fourth-order valence-electron chi connectivity index (χ4n) is 1.27. The molecule has 0 heterocycles. The molecule has 0 aliphatic heterocycles. The van der Waals surface area contributed by atoms with Gasteiger partial charge in [-0.2, -0.15) is 0 Å². The molecule has 0 atom stereocenters. The second kappa shape index (κ2) is 5.22. The van der Waals surface area contributed by atoms with E-state index >= 15 is 0 Å². The van der Waals surface area contributed by atoms with Crippen molar-refractivity contribution in [1.29, 1.82) is 0 Å². The van der Waals surface area contributed by atoms with Crippen LogP contribution in [0.3, 0.4) is 0 Å². The monoisotopic (exact) mass is 407 g/mol. The summed E-state index contributed by atoms with van der Waals surface area (Å²) >= 11 is 5.43. The molecule has 0 saturated carbocycles. The van der Waals surface area contributed by atoms with Crippen molar-refractivity contribution in [3.63, 3.8) is 0 Å². The van der Waals surface area contributed by atoms with Crippen LogP contribution in [0.25, 0.3) is 0 Å². The van der Waals surface area contributed by atoms with E-state index in [1.807, 2.05) is 0 Å². The fourth-order valence-corrected chi connectivity index (χ4v) is 2.25. The minimum Gasteiger partial charge on any atom is -0.455 e. The van der Waals surface area contributed by atoms with Crippen molar-refractivity contribution in [3.05, 3.63) is 50.3 Å². The number of hydrogen-bond acceptors (Lipinski definition) is 2. The molecule has 88 valence electrons. The van der Waals surface area contributed by atoms with Gasteiger partial charge in [0, 0.05) is 11.8 Å². The SMILES string of the molecule is Nc1ccc(Oc2cc(F)ccc2Br)c(I)c1. The highest BCUT2D eigenvalue weighted by atomic mass is 127. The van der Waals surface area contributed by atoms with Gasteiger partial charge in [0.15, 0.2) is 0 Å². The zero-order valence-electron chi connectivity index (χ0n) is 8.58. The lowest BCUT2D eigenvalue weighted by Crippen LogP contribution is -1.91. The van der Waals surface area contributed by atoms with Crippen LogP contribution in [0.2, 0.25) is 0 Å². The maximum absolute atomic E-state index is 13.1. The molecule has 0 spiro atoms. The average Bonchev–Trinajstić information content (AvgIpc) is 2.27. The minimum absolute atomic E-state index is 0.339. The van der Waals surface area contributed by atoms with Crippen molar-refractivity contribution in [1.82, 2.24) is 0 Å². The fraction of sp³-hybridized carbons (Fsp3) is 0. The van der Waals surface area contributed by atoms with Gasteiger partial charge in [-0.3, -0.25) is 0 Å². The standard InChI is InChI=1S/C12H8BrFINO/c13-9-3-1-7(14)5-12(9)17-11-4-2-8(16)6-10(11)15/h1-6H,16H2. The van der Waals surface area contributed by atoms with Crippen molar-refractivity contribution in [2.45, 2.75) is 0 Å². The molecule has 0 aliphatic carbocycles. The summed E-state index contributed by atoms with van der Waals surface area (Å²) in [5, 5.41) is 0. The van der Waals surface area contributed by atoms with E-state index < -0.39 is 0 Å². The van der Waals surface area contributed by atoms with Gasteiger partial charge < -0.3 is 10.5 Å². The number of hydrogen-bond donors (Lipinski definition) is 1. The van der Waals surface area contributed by atoms with E-state index in [1.165, 1.54) is 12.1 Å². The second-order valence-corrected chi connectivity index (χ2v) is 5.38. The average molecular weight is 408 g/mol. The maximum atomic E-state index is 13.1. The number of benzene rings is 2. The Kier molecular flexibility index (Phi) is 3.88. The van der Waals surface area contributed by atoms with Crippen LogP contribution < -0.4 is 10.5 Å². The molecule has 2 N–H and O–H groups in total. The predicted molar refractivity (Wildman–Crippen MR) is 77.7 cm³/mol. The first-order chi connectivity index (χ1) is 8.06. The van der Waals surface area contributed by atoms with E-state index in [2.05, 4.69) is 38.5 Å². The van der Waals surface area contributed by atoms with Crippen LogP contribution >= 0.6 is 38.5 Å². The van der Waals surface area contributed by atoms with Gasteiger partial charge in [0.1, 0.15) is 17.3 Å². The predicted octanol–water partition coefficient (Wildman–Crippen LogP) is 4.57. The molecule has 0 aromatic heterocycles. The molecule has 0 amide bonds. The normalized spacial score (nSPS) is 10.3. The highest BCUT2D eigenvalue weighted by Gasteiger charge is 2.07. The van der Waals surface area contributed by atoms with Crippen LogP contribution in [0.15, 0.2) is 40.9 Å². The van der Waals surface area contributed by atoms with E-state index in [-0.39, 0.29) is 5.82 Å². The zero-order chi connectivity index (χ0) is 12.4. The molecular weight excluding hydrogens is 400 g/mol. The third-order valence-electron chi connectivity index (χ3n) is 2.07. The van der Waals surface area contributed by atoms with Gasteiger partial charge in [-0.1, -0.05) is 0 Å². The summed E-state index contributed by atoms with van der Waals surface area (Å²) in [6.45, 7) is 0. The number of rotatable bonds is 2. The number of halogens is 3. The number of nitrogen functional groups attached to an aromatic ring is 1. The summed E-state index contributed by atoms with van der Waals surface area (Å²) in [7, 11) is 0. The summed E-state index contributed by atoms with van der Waals surface area (Å²) in [6.07, 6.45) is 0. The summed E-state index contributed by atoms with van der Waals surface area (Å²) in [6, 6.07) is 9.60. The van der Waals surface area contributed by atoms with Crippen molar-refractivity contribution in [2.75, 3.05) is 5.73 Å². The molecule has 2 rings (SSSR count). The first-order valence-electron chi connectivity index (χ1n) is 4.74. The van der Waals surface area contributed by atoms with Crippen molar-refractivity contribution < 1.29 is 9.13 Å². The van der Waals surface area contributed by atoms with Gasteiger partial charge in [-0.05, 0) is 68.9 Å². The summed E-state index contributed by atoms with van der Waals surface area (Å²) in [5.41, 5.74) is 6.31. The Bertz CT molecular complexity index is 562. The van der Waals surface area contributed by atoms with Crippen LogP contribution in [0.5, 0.6) is 11.5 Å². The smallest absolute Gasteiger partial charge is 0.144 e. The number of anilines is 1. The molecule has 0 aliphatic rings. The molecule has 0 unspecified atom stereocenters. The Labute approximate surface area is 120 Å². The molecule has 2 nitrogen and oxygen atoms in total. The van der Waals surface area contributed by atoms with Gasteiger partial charge in [0.25, 0.3) is 0 Å². The third kappa shape index (κ3) is 3.10. The summed E-state index contributed by atoms with van der Waals surface area (Å²) in [4.78, 5) is 0. The molecule has 17 heavy (non-hydrogen) atoms. The Morgan fingerprint density at radius 1 is 1.12 bits per heavy atom. The van der Waals surface area contributed by atoms with Crippen molar-refractivity contribution >= 4 is 44.2 Å². The van der Waals surface area contributed by atoms with E-state index in [9.17, 15) is 4.39 Å². The quantitative estimate of drug-likeness (QED) is 0.584. The summed E-state index contributed by atoms with van der Waals surface area (Å²) in [5.74, 6) is 0.743. The largest absolute Gasteiger partial charge is 0.455 e. The molecule has 5 heteroatoms. The van der Waals surface area contributed by atoms with Gasteiger partial charge in [-0.15, -0.1) is 0 Å². The molecule has 0 radical (unpaired) electrons. The lowest BCUT2D eigenvalue weighted by atomic mass is 10.3. The van der Waals surface area contributed by atoms with Gasteiger partial charge in [0.05, 0.1) is 8.04 Å². The van der Waals surface area contributed by atoms with E-state index in [0.717, 1.165) is 3.57 Å². The highest BCUT2D eigenvalue weighted by molar-refractivity contribution is 14.1. The van der Waals surface area contributed by atoms with Crippen LogP contribution in [0.1, 0.15) is 0 Å². The van der Waals surface area contributed by atoms with Crippen LogP contribution in [-0.2, 0) is 0 Å².